The summed E-state index contributed by atoms with van der Waals surface area (Å²) < 4.78 is 0. The lowest BCUT2D eigenvalue weighted by molar-refractivity contribution is 0.0984. The molecule has 138 valence electrons. The monoisotopic (exact) mass is 369 g/mol. The lowest BCUT2D eigenvalue weighted by atomic mass is 10.0. The van der Waals surface area contributed by atoms with Gasteiger partial charge in [0.25, 0.3) is 0 Å². The number of benzene rings is 2. The van der Waals surface area contributed by atoms with E-state index in [9.17, 15) is 4.79 Å². The predicted molar refractivity (Wildman–Crippen MR) is 110 cm³/mol. The number of ketones is 1. The zero-order chi connectivity index (χ0) is 19.7. The molecule has 4 N–H and O–H groups in total. The zero-order valence-electron chi connectivity index (χ0n) is 15.4. The SMILES string of the molecule is Cc1cc(C(=N)c2cc3[nH]c(C(=O)Cc4ccccc4)nc3cc2N)ccn1. The highest BCUT2D eigenvalue weighted by molar-refractivity contribution is 6.15. The highest BCUT2D eigenvalue weighted by Gasteiger charge is 2.16. The number of H-pyrrole nitrogens is 1. The number of hydrogen-bond donors (Lipinski definition) is 3. The molecule has 4 rings (SSSR count). The predicted octanol–water partition coefficient (Wildman–Crippen LogP) is 3.69. The molecule has 6 heteroatoms. The van der Waals surface area contributed by atoms with Crippen LogP contribution in [0, 0.1) is 12.3 Å². The van der Waals surface area contributed by atoms with Crippen LogP contribution in [0.3, 0.4) is 0 Å². The van der Waals surface area contributed by atoms with Gasteiger partial charge in [-0.1, -0.05) is 30.3 Å². The molecular formula is C22H19N5O. The number of nitrogens with one attached hydrogen (secondary N) is 2. The summed E-state index contributed by atoms with van der Waals surface area (Å²) in [7, 11) is 0. The number of rotatable bonds is 5. The molecule has 0 atom stereocenters. The van der Waals surface area contributed by atoms with Crippen LogP contribution in [-0.2, 0) is 6.42 Å². The Bertz CT molecular complexity index is 1190. The summed E-state index contributed by atoms with van der Waals surface area (Å²) in [6.45, 7) is 1.88. The lowest BCUT2D eigenvalue weighted by Gasteiger charge is -2.08. The van der Waals surface area contributed by atoms with Crippen molar-refractivity contribution < 1.29 is 4.79 Å². The molecule has 2 aromatic carbocycles. The first kappa shape index (κ1) is 17.6. The van der Waals surface area contributed by atoms with Gasteiger partial charge in [-0.05, 0) is 36.8 Å². The van der Waals surface area contributed by atoms with E-state index in [4.69, 9.17) is 11.1 Å². The Balaban J connectivity index is 1.67. The van der Waals surface area contributed by atoms with E-state index in [-0.39, 0.29) is 12.2 Å². The van der Waals surface area contributed by atoms with Crippen LogP contribution in [0.4, 0.5) is 5.69 Å². The van der Waals surface area contributed by atoms with Gasteiger partial charge in [0.2, 0.25) is 5.78 Å². The normalized spacial score (nSPS) is 10.9. The van der Waals surface area contributed by atoms with Crippen LogP contribution < -0.4 is 5.73 Å². The van der Waals surface area contributed by atoms with Crippen molar-refractivity contribution in [1.82, 2.24) is 15.0 Å². The topological polar surface area (TPSA) is 109 Å². The number of aromatic amines is 1. The number of hydrogen-bond acceptors (Lipinski definition) is 5. The van der Waals surface area contributed by atoms with E-state index in [1.54, 1.807) is 24.4 Å². The molecule has 4 aromatic rings. The van der Waals surface area contributed by atoms with Gasteiger partial charge in [0.05, 0.1) is 16.7 Å². The highest BCUT2D eigenvalue weighted by Crippen LogP contribution is 2.23. The summed E-state index contributed by atoms with van der Waals surface area (Å²) in [4.78, 5) is 24.2. The Morgan fingerprint density at radius 1 is 1.14 bits per heavy atom. The number of fused-ring (bicyclic) bond motifs is 1. The second-order valence-electron chi connectivity index (χ2n) is 6.69. The summed E-state index contributed by atoms with van der Waals surface area (Å²) >= 11 is 0. The molecule has 0 aliphatic heterocycles. The van der Waals surface area contributed by atoms with Crippen molar-refractivity contribution in [3.8, 4) is 0 Å². The molecule has 6 nitrogen and oxygen atoms in total. The van der Waals surface area contributed by atoms with Gasteiger partial charge in [-0.15, -0.1) is 0 Å². The molecule has 0 saturated heterocycles. The molecule has 2 heterocycles. The molecule has 28 heavy (non-hydrogen) atoms. The van der Waals surface area contributed by atoms with Crippen LogP contribution in [0.1, 0.15) is 33.0 Å². The van der Waals surface area contributed by atoms with Crippen molar-refractivity contribution in [2.24, 2.45) is 0 Å². The highest BCUT2D eigenvalue weighted by atomic mass is 16.1. The molecule has 0 fully saturated rings. The number of imidazole rings is 1. The number of nitrogen functional groups attached to an aromatic ring is 1. The Morgan fingerprint density at radius 3 is 2.68 bits per heavy atom. The van der Waals surface area contributed by atoms with Crippen molar-refractivity contribution in [2.45, 2.75) is 13.3 Å². The van der Waals surface area contributed by atoms with Gasteiger partial charge in [-0.25, -0.2) is 4.98 Å². The second-order valence-corrected chi connectivity index (χ2v) is 6.69. The molecule has 0 bridgehead atoms. The quantitative estimate of drug-likeness (QED) is 0.283. The molecule has 0 radical (unpaired) electrons. The van der Waals surface area contributed by atoms with Crippen molar-refractivity contribution >= 4 is 28.2 Å². The lowest BCUT2D eigenvalue weighted by Crippen LogP contribution is -2.06. The summed E-state index contributed by atoms with van der Waals surface area (Å²) in [6, 6.07) is 16.6. The van der Waals surface area contributed by atoms with E-state index in [0.29, 0.717) is 33.8 Å². The zero-order valence-corrected chi connectivity index (χ0v) is 15.4. The second kappa shape index (κ2) is 7.08. The fraction of sp³-hybridized carbons (Fsp3) is 0.0909. The van der Waals surface area contributed by atoms with Crippen LogP contribution in [0.15, 0.2) is 60.8 Å². The Hall–Kier alpha value is -3.80. The summed E-state index contributed by atoms with van der Waals surface area (Å²) in [5.74, 6) is 0.198. The minimum atomic E-state index is -0.0950. The summed E-state index contributed by atoms with van der Waals surface area (Å²) in [6.07, 6.45) is 1.94. The van der Waals surface area contributed by atoms with Gasteiger partial charge in [0.1, 0.15) is 0 Å². The average molecular weight is 369 g/mol. The molecule has 0 aliphatic carbocycles. The van der Waals surface area contributed by atoms with Gasteiger partial charge in [-0.2, -0.15) is 0 Å². The van der Waals surface area contributed by atoms with Crippen LogP contribution in [0.2, 0.25) is 0 Å². The van der Waals surface area contributed by atoms with Gasteiger partial charge >= 0.3 is 0 Å². The molecule has 0 aliphatic rings. The van der Waals surface area contributed by atoms with E-state index in [1.807, 2.05) is 43.3 Å². The summed E-state index contributed by atoms with van der Waals surface area (Å²) in [5, 5.41) is 8.51. The summed E-state index contributed by atoms with van der Waals surface area (Å²) in [5.41, 5.74) is 11.3. The Labute approximate surface area is 162 Å². The van der Waals surface area contributed by atoms with Crippen LogP contribution in [0.25, 0.3) is 11.0 Å². The fourth-order valence-electron chi connectivity index (χ4n) is 3.14. The largest absolute Gasteiger partial charge is 0.398 e. The Morgan fingerprint density at radius 2 is 1.93 bits per heavy atom. The first-order chi connectivity index (χ1) is 13.5. The minimum absolute atomic E-state index is 0.0950. The average Bonchev–Trinajstić information content (AvgIpc) is 3.10. The van der Waals surface area contributed by atoms with Gasteiger partial charge in [0.15, 0.2) is 5.82 Å². The van der Waals surface area contributed by atoms with Crippen molar-refractivity contribution in [3.05, 3.63) is 89.0 Å². The smallest absolute Gasteiger partial charge is 0.202 e. The number of aryl methyl sites for hydroxylation is 1. The van der Waals surface area contributed by atoms with E-state index in [1.165, 1.54) is 0 Å². The standard InChI is InChI=1S/C22H19N5O/c1-13-9-15(7-8-25-13)21(24)16-11-18-19(12-17(16)23)27-22(26-18)20(28)10-14-5-3-2-4-6-14/h2-9,11-12,24H,10,23H2,1H3,(H,26,27). The number of nitrogens with two attached hydrogens (primary N) is 1. The van der Waals surface area contributed by atoms with E-state index in [2.05, 4.69) is 15.0 Å². The first-order valence-corrected chi connectivity index (χ1v) is 8.89. The maximum Gasteiger partial charge on any atom is 0.202 e. The minimum Gasteiger partial charge on any atom is -0.398 e. The number of carbonyl (C=O) groups is 1. The molecule has 0 unspecified atom stereocenters. The molecular weight excluding hydrogens is 350 g/mol. The molecule has 0 spiro atoms. The molecule has 0 amide bonds. The number of nitrogens with zero attached hydrogens (tertiary/aromatic N) is 2. The van der Waals surface area contributed by atoms with Crippen LogP contribution in [-0.4, -0.2) is 26.4 Å². The number of aromatic nitrogens is 3. The number of carbonyl (C=O) groups excluding carboxylic acids is 1. The third-order valence-electron chi connectivity index (χ3n) is 4.58. The Kier molecular flexibility index (Phi) is 4.45. The molecule has 2 aromatic heterocycles. The number of pyridine rings is 1. The molecule has 0 saturated carbocycles. The number of Topliss-reactive ketones (excluding diaryl/α,β-unsaturated/α-hetero) is 1. The maximum absolute atomic E-state index is 12.6. The van der Waals surface area contributed by atoms with E-state index in [0.717, 1.165) is 16.8 Å². The fourth-order valence-corrected chi connectivity index (χ4v) is 3.14. The van der Waals surface area contributed by atoms with E-state index >= 15 is 0 Å². The van der Waals surface area contributed by atoms with Gasteiger partial charge in [0, 0.05) is 35.1 Å². The number of anilines is 1. The third kappa shape index (κ3) is 3.40. The van der Waals surface area contributed by atoms with Crippen molar-refractivity contribution in [2.75, 3.05) is 5.73 Å². The van der Waals surface area contributed by atoms with Crippen LogP contribution >= 0.6 is 0 Å². The maximum atomic E-state index is 12.6. The van der Waals surface area contributed by atoms with Gasteiger partial charge < -0.3 is 10.7 Å². The van der Waals surface area contributed by atoms with E-state index < -0.39 is 0 Å². The van der Waals surface area contributed by atoms with Crippen LogP contribution in [0.5, 0.6) is 0 Å². The van der Waals surface area contributed by atoms with Crippen molar-refractivity contribution in [1.29, 1.82) is 5.41 Å². The van der Waals surface area contributed by atoms with Gasteiger partial charge in [-0.3, -0.25) is 15.2 Å². The first-order valence-electron chi connectivity index (χ1n) is 8.89. The third-order valence-corrected chi connectivity index (χ3v) is 4.58. The van der Waals surface area contributed by atoms with Crippen molar-refractivity contribution in [3.63, 3.8) is 0 Å².